The zero-order valence-corrected chi connectivity index (χ0v) is 45.5. The van der Waals surface area contributed by atoms with Crippen LogP contribution >= 0.6 is 0 Å². The van der Waals surface area contributed by atoms with Crippen molar-refractivity contribution in [3.63, 3.8) is 0 Å². The SMILES string of the molecule is Cc1cc(C)c(-c2cc3c4c(c2)N(c2c(C)cc(C(C)(C)C)cc2C)c2ccc(C(C)(C)C)cc2B4c2c(oc4cc5c(cc24)C2(C)CCC5(C)C2)N3c2ccc3c(c2)C(C)(C)CCC3(C)C)c(C)c1. The molecule has 70 heavy (non-hydrogen) atoms. The van der Waals surface area contributed by atoms with Crippen LogP contribution in [0.4, 0.5) is 34.3 Å². The number of fused-ring (bicyclic) bond motifs is 12. The van der Waals surface area contributed by atoms with Crippen LogP contribution in [0.1, 0.15) is 176 Å². The maximum absolute atomic E-state index is 7.69. The number of benzene rings is 6. The van der Waals surface area contributed by atoms with E-state index in [1.54, 1.807) is 5.56 Å². The molecule has 5 aliphatic rings. The second kappa shape index (κ2) is 14.4. The Kier molecular flexibility index (Phi) is 9.36. The number of furan rings is 1. The molecule has 3 nitrogen and oxygen atoms in total. The summed E-state index contributed by atoms with van der Waals surface area (Å²) in [6.45, 7) is 40.4. The highest BCUT2D eigenvalue weighted by Gasteiger charge is 2.54. The highest BCUT2D eigenvalue weighted by atomic mass is 16.4. The van der Waals surface area contributed by atoms with Crippen LogP contribution in [0.25, 0.3) is 22.1 Å². The molecule has 1 saturated carbocycles. The van der Waals surface area contributed by atoms with Gasteiger partial charge in [-0.15, -0.1) is 0 Å². The predicted octanol–water partition coefficient (Wildman–Crippen LogP) is 16.4. The van der Waals surface area contributed by atoms with Gasteiger partial charge in [-0.25, -0.2) is 0 Å². The van der Waals surface area contributed by atoms with Crippen molar-refractivity contribution in [2.75, 3.05) is 9.80 Å². The minimum absolute atomic E-state index is 0.0200. The number of nitrogens with zero attached hydrogens (tertiary/aromatic N) is 2. The summed E-state index contributed by atoms with van der Waals surface area (Å²) < 4.78 is 7.69. The van der Waals surface area contributed by atoms with Crippen molar-refractivity contribution in [3.05, 3.63) is 146 Å². The molecule has 7 aromatic rings. The van der Waals surface area contributed by atoms with Crippen LogP contribution in [0.5, 0.6) is 0 Å². The van der Waals surface area contributed by atoms with Gasteiger partial charge in [-0.3, -0.25) is 4.90 Å². The van der Waals surface area contributed by atoms with Crippen LogP contribution in [0.2, 0.25) is 0 Å². The molecule has 358 valence electrons. The average Bonchev–Trinajstić information content (AvgIpc) is 3.87. The molecule has 1 fully saturated rings. The lowest BCUT2D eigenvalue weighted by atomic mass is 9.33. The van der Waals surface area contributed by atoms with Crippen molar-refractivity contribution in [2.24, 2.45) is 0 Å². The second-order valence-corrected chi connectivity index (χ2v) is 27.0. The minimum Gasteiger partial charge on any atom is -0.440 e. The summed E-state index contributed by atoms with van der Waals surface area (Å²) in [6.07, 6.45) is 6.03. The van der Waals surface area contributed by atoms with Gasteiger partial charge in [0.2, 0.25) is 5.88 Å². The van der Waals surface area contributed by atoms with Gasteiger partial charge in [0.05, 0.1) is 5.69 Å². The van der Waals surface area contributed by atoms with E-state index in [2.05, 4.69) is 212 Å². The van der Waals surface area contributed by atoms with E-state index in [0.29, 0.717) is 0 Å². The second-order valence-electron chi connectivity index (χ2n) is 27.0. The van der Waals surface area contributed by atoms with Crippen molar-refractivity contribution in [3.8, 4) is 11.1 Å². The molecular weight excluding hydrogens is 848 g/mol. The minimum atomic E-state index is -0.0668. The van der Waals surface area contributed by atoms with Gasteiger partial charge in [-0.2, -0.15) is 0 Å². The van der Waals surface area contributed by atoms with Crippen LogP contribution in [-0.4, -0.2) is 6.71 Å². The fourth-order valence-electron chi connectivity index (χ4n) is 14.8. The molecule has 2 unspecified atom stereocenters. The summed E-state index contributed by atoms with van der Waals surface area (Å²) in [7, 11) is 0. The van der Waals surface area contributed by atoms with Gasteiger partial charge in [0, 0.05) is 33.6 Å². The third-order valence-corrected chi connectivity index (χ3v) is 18.6. The highest BCUT2D eigenvalue weighted by Crippen LogP contribution is 2.62. The van der Waals surface area contributed by atoms with Gasteiger partial charge in [0.25, 0.3) is 6.71 Å². The van der Waals surface area contributed by atoms with Crippen molar-refractivity contribution in [1.82, 2.24) is 0 Å². The normalized spacial score (nSPS) is 21.5. The number of hydrogen-bond donors (Lipinski definition) is 0. The molecule has 3 heterocycles. The fraction of sp³-hybridized carbons (Fsp3) is 0.424. The van der Waals surface area contributed by atoms with E-state index >= 15 is 0 Å². The van der Waals surface area contributed by atoms with Gasteiger partial charge in [0.15, 0.2) is 0 Å². The molecule has 0 spiro atoms. The Morgan fingerprint density at radius 2 is 1.10 bits per heavy atom. The van der Waals surface area contributed by atoms with E-state index in [1.807, 2.05) is 0 Å². The summed E-state index contributed by atoms with van der Waals surface area (Å²) >= 11 is 0. The molecule has 2 aliphatic heterocycles. The van der Waals surface area contributed by atoms with E-state index in [0.717, 1.165) is 17.9 Å². The molecule has 4 heteroatoms. The van der Waals surface area contributed by atoms with Crippen molar-refractivity contribution < 1.29 is 4.42 Å². The molecule has 3 aliphatic carbocycles. The van der Waals surface area contributed by atoms with Crippen LogP contribution in [0.15, 0.2) is 89.3 Å². The first-order valence-electron chi connectivity index (χ1n) is 26.6. The van der Waals surface area contributed by atoms with E-state index < -0.39 is 0 Å². The van der Waals surface area contributed by atoms with Crippen LogP contribution in [-0.2, 0) is 32.5 Å². The fourth-order valence-corrected chi connectivity index (χ4v) is 14.8. The van der Waals surface area contributed by atoms with Gasteiger partial charge in [-0.1, -0.05) is 131 Å². The maximum atomic E-state index is 7.69. The first-order valence-corrected chi connectivity index (χ1v) is 26.6. The summed E-state index contributed by atoms with van der Waals surface area (Å²) in [6, 6.07) is 34.8. The summed E-state index contributed by atoms with van der Waals surface area (Å²) in [5, 5.41) is 1.27. The molecule has 0 radical (unpaired) electrons. The van der Waals surface area contributed by atoms with E-state index in [-0.39, 0.29) is 39.2 Å². The third-order valence-electron chi connectivity index (χ3n) is 18.6. The average molecular weight is 923 g/mol. The zero-order valence-electron chi connectivity index (χ0n) is 45.5. The highest BCUT2D eigenvalue weighted by molar-refractivity contribution is 7.01. The Balaban J connectivity index is 1.25. The lowest BCUT2D eigenvalue weighted by Crippen LogP contribution is -2.61. The molecule has 0 amide bonds. The number of rotatable bonds is 3. The molecule has 12 rings (SSSR count). The van der Waals surface area contributed by atoms with Crippen molar-refractivity contribution in [1.29, 1.82) is 0 Å². The van der Waals surface area contributed by atoms with Crippen molar-refractivity contribution in [2.45, 2.75) is 182 Å². The Bertz CT molecular complexity index is 3390. The predicted molar refractivity (Wildman–Crippen MR) is 301 cm³/mol. The number of hydrogen-bond acceptors (Lipinski definition) is 3. The molecule has 0 saturated heterocycles. The van der Waals surface area contributed by atoms with Gasteiger partial charge < -0.3 is 9.32 Å². The summed E-state index contributed by atoms with van der Waals surface area (Å²) in [5.74, 6) is 0.967. The van der Waals surface area contributed by atoms with Gasteiger partial charge >= 0.3 is 0 Å². The molecule has 6 aromatic carbocycles. The number of aryl methyl sites for hydroxylation is 5. The molecule has 2 bridgehead atoms. The first kappa shape index (κ1) is 45.6. The van der Waals surface area contributed by atoms with Gasteiger partial charge in [-0.05, 0) is 219 Å². The molecular formula is C66H75BN2O. The van der Waals surface area contributed by atoms with E-state index in [9.17, 15) is 0 Å². The van der Waals surface area contributed by atoms with E-state index in [4.69, 9.17) is 4.42 Å². The standard InChI is InChI=1S/C66H75BN2O/c1-37-26-38(2)56(39(3)27-37)42-30-53-58-54(31-42)69(59-40(4)28-44(29-41(59)5)62(9,10)11)52-21-18-43(61(6,7)8)32-51(52)67(58)57-46-34-49-50(66(17)25-24-65(49,16)36-66)35-55(46)70-60(57)68(53)45-19-20-47-48(33-45)64(14,15)23-22-63(47,12)13/h18-21,26-35H,22-25,36H2,1-17H3. The molecule has 2 atom stereocenters. The third kappa shape index (κ3) is 6.39. The topological polar surface area (TPSA) is 19.6 Å². The van der Waals surface area contributed by atoms with Gasteiger partial charge in [0.1, 0.15) is 5.58 Å². The molecule has 1 aromatic heterocycles. The Morgan fingerprint density at radius 3 is 1.71 bits per heavy atom. The summed E-state index contributed by atoms with van der Waals surface area (Å²) in [5.41, 5.74) is 29.4. The maximum Gasteiger partial charge on any atom is 0.257 e. The van der Waals surface area contributed by atoms with Crippen LogP contribution in [0.3, 0.4) is 0 Å². The smallest absolute Gasteiger partial charge is 0.257 e. The monoisotopic (exact) mass is 923 g/mol. The molecule has 0 N–H and O–H groups in total. The Morgan fingerprint density at radius 1 is 0.514 bits per heavy atom. The number of anilines is 6. The van der Waals surface area contributed by atoms with Crippen molar-refractivity contribution >= 4 is 68.4 Å². The lowest BCUT2D eigenvalue weighted by molar-refractivity contribution is 0.332. The quantitative estimate of drug-likeness (QED) is 0.165. The zero-order chi connectivity index (χ0) is 49.7. The lowest BCUT2D eigenvalue weighted by Gasteiger charge is -2.45. The largest absolute Gasteiger partial charge is 0.440 e. The van der Waals surface area contributed by atoms with Crippen LogP contribution in [0, 0.1) is 34.6 Å². The summed E-state index contributed by atoms with van der Waals surface area (Å²) in [4.78, 5) is 5.26. The van der Waals surface area contributed by atoms with E-state index in [1.165, 1.54) is 143 Å². The Labute approximate surface area is 420 Å². The van der Waals surface area contributed by atoms with Crippen LogP contribution < -0.4 is 26.2 Å². The first-order chi connectivity index (χ1) is 32.7. The Hall–Kier alpha value is -5.48.